The number of amides is 4. The van der Waals surface area contributed by atoms with Crippen LogP contribution in [0.1, 0.15) is 18.4 Å². The molecule has 2 aromatic carbocycles. The Balaban J connectivity index is 1.51. The average molecular weight is 367 g/mol. The third-order valence-corrected chi connectivity index (χ3v) is 3.79. The quantitative estimate of drug-likeness (QED) is 0.790. The van der Waals surface area contributed by atoms with Crippen molar-refractivity contribution in [3.8, 4) is 0 Å². The minimum absolute atomic E-state index is 0.0531. The van der Waals surface area contributed by atoms with Crippen LogP contribution in [0.5, 0.6) is 0 Å². The maximum absolute atomic E-state index is 11.9. The summed E-state index contributed by atoms with van der Waals surface area (Å²) in [5, 5.41) is 5.89. The van der Waals surface area contributed by atoms with Crippen LogP contribution in [0, 0.1) is 0 Å². The monoisotopic (exact) mass is 367 g/mol. The second-order valence-electron chi connectivity index (χ2n) is 5.86. The summed E-state index contributed by atoms with van der Waals surface area (Å²) >= 11 is 0. The number of nitrogens with zero attached hydrogens (tertiary/aromatic N) is 1. The molecule has 1 fully saturated rings. The fraction of sp³-hybridized carbons (Fsp3) is 0.158. The number of anilines is 2. The molecule has 2 N–H and O–H groups in total. The van der Waals surface area contributed by atoms with Gasteiger partial charge in [-0.1, -0.05) is 30.3 Å². The van der Waals surface area contributed by atoms with Crippen LogP contribution in [0.15, 0.2) is 54.6 Å². The lowest BCUT2D eigenvalue weighted by Gasteiger charge is -2.12. The summed E-state index contributed by atoms with van der Waals surface area (Å²) in [5.41, 5.74) is 1.83. The van der Waals surface area contributed by atoms with Crippen LogP contribution >= 0.6 is 0 Å². The van der Waals surface area contributed by atoms with Gasteiger partial charge in [-0.25, -0.2) is 9.59 Å². The second kappa shape index (κ2) is 8.13. The lowest BCUT2D eigenvalue weighted by molar-refractivity contribution is -0.197. The van der Waals surface area contributed by atoms with Crippen molar-refractivity contribution in [2.45, 2.75) is 19.3 Å². The van der Waals surface area contributed by atoms with Crippen molar-refractivity contribution in [3.05, 3.63) is 60.2 Å². The first-order valence-electron chi connectivity index (χ1n) is 8.30. The maximum Gasteiger partial charge on any atom is 0.337 e. The Morgan fingerprint density at radius 2 is 1.41 bits per heavy atom. The molecule has 0 unspecified atom stereocenters. The molecule has 1 saturated heterocycles. The van der Waals surface area contributed by atoms with Crippen molar-refractivity contribution >= 4 is 35.2 Å². The molecule has 2 aromatic rings. The Morgan fingerprint density at radius 3 is 2.00 bits per heavy atom. The molecule has 0 radical (unpaired) electrons. The van der Waals surface area contributed by atoms with Crippen LogP contribution in [0.4, 0.5) is 16.2 Å². The van der Waals surface area contributed by atoms with Crippen molar-refractivity contribution in [2.24, 2.45) is 0 Å². The molecular weight excluding hydrogens is 350 g/mol. The van der Waals surface area contributed by atoms with Crippen LogP contribution in [0.2, 0.25) is 0 Å². The second-order valence-corrected chi connectivity index (χ2v) is 5.86. The normalized spacial score (nSPS) is 13.4. The summed E-state index contributed by atoms with van der Waals surface area (Å²) < 4.78 is 0. The van der Waals surface area contributed by atoms with E-state index in [1.165, 1.54) is 0 Å². The Labute approximate surface area is 155 Å². The van der Waals surface area contributed by atoms with E-state index in [1.807, 2.05) is 18.2 Å². The summed E-state index contributed by atoms with van der Waals surface area (Å²) in [5.74, 6) is -1.74. The van der Waals surface area contributed by atoms with Gasteiger partial charge in [-0.05, 0) is 29.8 Å². The average Bonchev–Trinajstić information content (AvgIpc) is 2.96. The van der Waals surface area contributed by atoms with E-state index in [4.69, 9.17) is 4.84 Å². The lowest BCUT2D eigenvalue weighted by atomic mass is 10.1. The van der Waals surface area contributed by atoms with Crippen molar-refractivity contribution in [1.29, 1.82) is 0 Å². The van der Waals surface area contributed by atoms with E-state index in [0.717, 1.165) is 0 Å². The number of carbonyl (C=O) groups is 4. The molecule has 0 atom stereocenters. The van der Waals surface area contributed by atoms with E-state index in [-0.39, 0.29) is 25.3 Å². The first kappa shape index (κ1) is 18.1. The van der Waals surface area contributed by atoms with E-state index in [2.05, 4.69) is 10.6 Å². The number of benzene rings is 2. The lowest BCUT2D eigenvalue weighted by Crippen LogP contribution is -2.32. The third-order valence-electron chi connectivity index (χ3n) is 3.79. The third kappa shape index (κ3) is 4.91. The largest absolute Gasteiger partial charge is 0.337 e. The molecule has 3 rings (SSSR count). The van der Waals surface area contributed by atoms with Gasteiger partial charge in [0.05, 0.1) is 6.42 Å². The van der Waals surface area contributed by atoms with Crippen LogP contribution in [-0.4, -0.2) is 28.9 Å². The van der Waals surface area contributed by atoms with Gasteiger partial charge >= 0.3 is 12.0 Å². The summed E-state index contributed by atoms with van der Waals surface area (Å²) in [6.07, 6.45) is 0.00258. The fourth-order valence-electron chi connectivity index (χ4n) is 2.48. The zero-order valence-electron chi connectivity index (χ0n) is 14.3. The van der Waals surface area contributed by atoms with Crippen molar-refractivity contribution in [3.63, 3.8) is 0 Å². The van der Waals surface area contributed by atoms with Gasteiger partial charge in [0.1, 0.15) is 0 Å². The summed E-state index contributed by atoms with van der Waals surface area (Å²) in [6, 6.07) is 15.2. The van der Waals surface area contributed by atoms with Crippen molar-refractivity contribution in [2.75, 3.05) is 10.6 Å². The highest BCUT2D eigenvalue weighted by molar-refractivity contribution is 6.01. The number of hydrogen-bond donors (Lipinski definition) is 2. The van der Waals surface area contributed by atoms with Crippen LogP contribution in [0.25, 0.3) is 0 Å². The molecule has 0 saturated carbocycles. The molecular formula is C19H17N3O5. The SMILES string of the molecule is O=C(Nc1ccccc1)Nc1ccc(CC(=O)ON2C(=O)CCC2=O)cc1. The minimum atomic E-state index is -0.707. The Hall–Kier alpha value is -3.68. The van der Waals surface area contributed by atoms with Crippen molar-refractivity contribution < 1.29 is 24.0 Å². The standard InChI is InChI=1S/C19H17N3O5/c23-16-10-11-17(24)22(16)27-18(25)12-13-6-8-15(9-7-13)21-19(26)20-14-4-2-1-3-5-14/h1-9H,10-12H2,(H2,20,21,26). The minimum Gasteiger partial charge on any atom is -0.330 e. The number of urea groups is 1. The van der Waals surface area contributed by atoms with E-state index in [9.17, 15) is 19.2 Å². The molecule has 1 heterocycles. The zero-order chi connectivity index (χ0) is 19.2. The molecule has 138 valence electrons. The number of nitrogens with one attached hydrogen (secondary N) is 2. The molecule has 1 aliphatic rings. The van der Waals surface area contributed by atoms with Gasteiger partial charge in [-0.15, -0.1) is 5.06 Å². The highest BCUT2D eigenvalue weighted by Gasteiger charge is 2.32. The molecule has 8 heteroatoms. The molecule has 0 aromatic heterocycles. The van der Waals surface area contributed by atoms with E-state index in [1.54, 1.807) is 36.4 Å². The number of imide groups is 1. The number of hydrogen-bond acceptors (Lipinski definition) is 5. The highest BCUT2D eigenvalue weighted by atomic mass is 16.7. The maximum atomic E-state index is 11.9. The Bertz CT molecular complexity index is 849. The molecule has 0 spiro atoms. The van der Waals surface area contributed by atoms with Gasteiger partial charge < -0.3 is 15.5 Å². The van der Waals surface area contributed by atoms with Crippen molar-refractivity contribution in [1.82, 2.24) is 5.06 Å². The van der Waals surface area contributed by atoms with Gasteiger partial charge in [-0.3, -0.25) is 9.59 Å². The number of para-hydroxylation sites is 1. The highest BCUT2D eigenvalue weighted by Crippen LogP contribution is 2.15. The van der Waals surface area contributed by atoms with Gasteiger partial charge in [-0.2, -0.15) is 0 Å². The van der Waals surface area contributed by atoms with Crippen LogP contribution in [0.3, 0.4) is 0 Å². The number of carbonyl (C=O) groups excluding carboxylic acids is 4. The molecule has 4 amide bonds. The zero-order valence-corrected chi connectivity index (χ0v) is 14.3. The topological polar surface area (TPSA) is 105 Å². The predicted octanol–water partition coefficient (Wildman–Crippen LogP) is 2.48. The molecule has 1 aliphatic heterocycles. The van der Waals surface area contributed by atoms with Crippen LogP contribution in [-0.2, 0) is 25.6 Å². The molecule has 8 nitrogen and oxygen atoms in total. The molecule has 0 aliphatic carbocycles. The van der Waals surface area contributed by atoms with Gasteiger partial charge in [0, 0.05) is 24.2 Å². The van der Waals surface area contributed by atoms with Crippen LogP contribution < -0.4 is 10.6 Å². The van der Waals surface area contributed by atoms with Gasteiger partial charge in [0.2, 0.25) is 0 Å². The predicted molar refractivity (Wildman–Crippen MR) is 96.4 cm³/mol. The van der Waals surface area contributed by atoms with Gasteiger partial charge in [0.25, 0.3) is 11.8 Å². The summed E-state index contributed by atoms with van der Waals surface area (Å²) in [4.78, 5) is 51.5. The molecule has 27 heavy (non-hydrogen) atoms. The summed E-state index contributed by atoms with van der Waals surface area (Å²) in [6.45, 7) is 0. The Kier molecular flexibility index (Phi) is 5.46. The van der Waals surface area contributed by atoms with E-state index >= 15 is 0 Å². The van der Waals surface area contributed by atoms with Gasteiger partial charge in [0.15, 0.2) is 0 Å². The molecule has 0 bridgehead atoms. The first-order valence-corrected chi connectivity index (χ1v) is 8.30. The summed E-state index contributed by atoms with van der Waals surface area (Å²) in [7, 11) is 0. The number of hydroxylamine groups is 2. The smallest absolute Gasteiger partial charge is 0.330 e. The Morgan fingerprint density at radius 1 is 0.852 bits per heavy atom. The van der Waals surface area contributed by atoms with E-state index < -0.39 is 17.8 Å². The first-order chi connectivity index (χ1) is 13.0. The van der Waals surface area contributed by atoms with E-state index in [0.29, 0.717) is 22.0 Å². The fourth-order valence-corrected chi connectivity index (χ4v) is 2.48. The number of rotatable bonds is 5.